The van der Waals surface area contributed by atoms with E-state index in [9.17, 15) is 13.9 Å². The predicted molar refractivity (Wildman–Crippen MR) is 74.2 cm³/mol. The van der Waals surface area contributed by atoms with Crippen LogP contribution in [0.3, 0.4) is 0 Å². The molecule has 2 N–H and O–H groups in total. The summed E-state index contributed by atoms with van der Waals surface area (Å²) < 4.78 is 26.9. The van der Waals surface area contributed by atoms with Crippen LogP contribution in [-0.2, 0) is 6.54 Å². The average Bonchev–Trinajstić information content (AvgIpc) is 2.33. The van der Waals surface area contributed by atoms with Crippen molar-refractivity contribution in [1.29, 1.82) is 0 Å². The Morgan fingerprint density at radius 2 is 2.00 bits per heavy atom. The Labute approximate surface area is 118 Å². The maximum Gasteiger partial charge on any atom is 0.150 e. The van der Waals surface area contributed by atoms with Crippen LogP contribution in [0.25, 0.3) is 0 Å². The van der Waals surface area contributed by atoms with Crippen molar-refractivity contribution in [2.45, 2.75) is 13.5 Å². The molecule has 2 aromatic carbocycles. The second kappa shape index (κ2) is 5.57. The van der Waals surface area contributed by atoms with Gasteiger partial charge in [-0.15, -0.1) is 0 Å². The lowest BCUT2D eigenvalue weighted by Gasteiger charge is -2.12. The maximum absolute atomic E-state index is 13.6. The topological polar surface area (TPSA) is 32.3 Å². The van der Waals surface area contributed by atoms with Crippen LogP contribution in [0, 0.1) is 18.6 Å². The highest BCUT2D eigenvalue weighted by molar-refractivity contribution is 9.10. The summed E-state index contributed by atoms with van der Waals surface area (Å²) in [7, 11) is 0. The summed E-state index contributed by atoms with van der Waals surface area (Å²) in [6.45, 7) is 2.03. The molecule has 2 nitrogen and oxygen atoms in total. The summed E-state index contributed by atoms with van der Waals surface area (Å²) in [5, 5.41) is 12.7. The molecule has 0 radical (unpaired) electrons. The largest absolute Gasteiger partial charge is 0.507 e. The van der Waals surface area contributed by atoms with Crippen LogP contribution in [0.15, 0.2) is 34.8 Å². The fourth-order valence-corrected chi connectivity index (χ4v) is 2.31. The van der Waals surface area contributed by atoms with Gasteiger partial charge in [0.05, 0.1) is 5.69 Å². The van der Waals surface area contributed by atoms with E-state index in [0.29, 0.717) is 10.0 Å². The van der Waals surface area contributed by atoms with Gasteiger partial charge in [-0.1, -0.05) is 18.2 Å². The van der Waals surface area contributed by atoms with E-state index in [0.717, 1.165) is 11.6 Å². The predicted octanol–water partition coefficient (Wildman–Crippen LogP) is 4.35. The third-order valence-electron chi connectivity index (χ3n) is 2.78. The number of hydrogen-bond donors (Lipinski definition) is 2. The highest BCUT2D eigenvalue weighted by Crippen LogP contribution is 2.28. The molecular weight excluding hydrogens is 316 g/mol. The molecule has 5 heteroatoms. The molecule has 0 atom stereocenters. The van der Waals surface area contributed by atoms with Gasteiger partial charge in [0.25, 0.3) is 0 Å². The molecule has 2 rings (SSSR count). The third kappa shape index (κ3) is 3.04. The van der Waals surface area contributed by atoms with Crippen LogP contribution in [0.4, 0.5) is 14.5 Å². The number of aryl methyl sites for hydroxylation is 1. The standard InChI is InChI=1S/C14H12BrF2NO/c1-8-3-2-4-9(14(8)19)7-18-13-11(15)5-10(16)6-12(13)17/h2-6,18-19H,7H2,1H3. The summed E-state index contributed by atoms with van der Waals surface area (Å²) >= 11 is 3.10. The van der Waals surface area contributed by atoms with Crippen molar-refractivity contribution in [3.63, 3.8) is 0 Å². The van der Waals surface area contributed by atoms with Crippen LogP contribution in [0.2, 0.25) is 0 Å². The number of para-hydroxylation sites is 1. The van der Waals surface area contributed by atoms with Gasteiger partial charge < -0.3 is 10.4 Å². The van der Waals surface area contributed by atoms with Gasteiger partial charge in [-0.3, -0.25) is 0 Å². The Morgan fingerprint density at radius 1 is 1.26 bits per heavy atom. The van der Waals surface area contributed by atoms with Crippen molar-refractivity contribution in [3.8, 4) is 5.75 Å². The summed E-state index contributed by atoms with van der Waals surface area (Å²) in [6, 6.07) is 7.32. The first-order valence-electron chi connectivity index (χ1n) is 5.65. The minimum Gasteiger partial charge on any atom is -0.507 e. The Balaban J connectivity index is 2.22. The minimum absolute atomic E-state index is 0.169. The monoisotopic (exact) mass is 327 g/mol. The molecule has 0 spiro atoms. The van der Waals surface area contributed by atoms with Gasteiger partial charge in [-0.25, -0.2) is 8.78 Å². The lowest BCUT2D eigenvalue weighted by molar-refractivity contribution is 0.465. The molecule has 0 saturated heterocycles. The molecule has 2 aromatic rings. The molecule has 0 bridgehead atoms. The van der Waals surface area contributed by atoms with E-state index in [1.807, 2.05) is 6.07 Å². The van der Waals surface area contributed by atoms with Gasteiger partial charge in [0.2, 0.25) is 0 Å². The zero-order valence-corrected chi connectivity index (χ0v) is 11.8. The Kier molecular flexibility index (Phi) is 4.04. The van der Waals surface area contributed by atoms with Crippen molar-refractivity contribution in [1.82, 2.24) is 0 Å². The Bertz CT molecular complexity index is 593. The number of benzene rings is 2. The van der Waals surface area contributed by atoms with Gasteiger partial charge in [0.1, 0.15) is 17.4 Å². The van der Waals surface area contributed by atoms with Gasteiger partial charge in [0, 0.05) is 22.6 Å². The highest BCUT2D eigenvalue weighted by atomic mass is 79.9. The van der Waals surface area contributed by atoms with Crippen molar-refractivity contribution in [2.75, 3.05) is 5.32 Å². The smallest absolute Gasteiger partial charge is 0.150 e. The highest BCUT2D eigenvalue weighted by Gasteiger charge is 2.10. The van der Waals surface area contributed by atoms with E-state index in [1.165, 1.54) is 6.07 Å². The summed E-state index contributed by atoms with van der Waals surface area (Å²) in [6.07, 6.45) is 0. The van der Waals surface area contributed by atoms with Crippen molar-refractivity contribution >= 4 is 21.6 Å². The molecule has 0 aliphatic carbocycles. The quantitative estimate of drug-likeness (QED) is 0.878. The zero-order valence-electron chi connectivity index (χ0n) is 10.2. The number of halogens is 3. The number of phenolic OH excluding ortho intramolecular Hbond substituents is 1. The first kappa shape index (κ1) is 13.8. The average molecular weight is 328 g/mol. The van der Waals surface area contributed by atoms with Crippen LogP contribution in [0.1, 0.15) is 11.1 Å². The SMILES string of the molecule is Cc1cccc(CNc2c(F)cc(F)cc2Br)c1O. The van der Waals surface area contributed by atoms with Gasteiger partial charge in [-0.05, 0) is 34.5 Å². The van der Waals surface area contributed by atoms with E-state index in [-0.39, 0.29) is 18.0 Å². The normalized spacial score (nSPS) is 10.5. The molecule has 0 heterocycles. The number of aromatic hydroxyl groups is 1. The van der Waals surface area contributed by atoms with Crippen molar-refractivity contribution < 1.29 is 13.9 Å². The van der Waals surface area contributed by atoms with Crippen LogP contribution >= 0.6 is 15.9 Å². The van der Waals surface area contributed by atoms with E-state index >= 15 is 0 Å². The van der Waals surface area contributed by atoms with E-state index in [4.69, 9.17) is 0 Å². The maximum atomic E-state index is 13.6. The zero-order chi connectivity index (χ0) is 14.0. The number of phenols is 1. The van der Waals surface area contributed by atoms with E-state index in [2.05, 4.69) is 21.2 Å². The molecule has 0 unspecified atom stereocenters. The number of nitrogens with one attached hydrogen (secondary N) is 1. The number of rotatable bonds is 3. The Morgan fingerprint density at radius 3 is 2.68 bits per heavy atom. The molecule has 0 fully saturated rings. The molecule has 0 saturated carbocycles. The minimum atomic E-state index is -0.681. The summed E-state index contributed by atoms with van der Waals surface area (Å²) in [5.41, 5.74) is 1.57. The van der Waals surface area contributed by atoms with Crippen LogP contribution in [-0.4, -0.2) is 5.11 Å². The van der Waals surface area contributed by atoms with E-state index < -0.39 is 11.6 Å². The molecule has 19 heavy (non-hydrogen) atoms. The van der Waals surface area contributed by atoms with E-state index in [1.54, 1.807) is 19.1 Å². The fourth-order valence-electron chi connectivity index (χ4n) is 1.76. The first-order chi connectivity index (χ1) is 8.99. The second-order valence-corrected chi connectivity index (χ2v) is 5.03. The molecule has 0 aromatic heterocycles. The molecule has 100 valence electrons. The van der Waals surface area contributed by atoms with Crippen molar-refractivity contribution in [2.24, 2.45) is 0 Å². The number of anilines is 1. The van der Waals surface area contributed by atoms with Crippen LogP contribution < -0.4 is 5.32 Å². The lowest BCUT2D eigenvalue weighted by Crippen LogP contribution is -2.03. The molecule has 0 aliphatic heterocycles. The molecular formula is C14H12BrF2NO. The molecule has 0 aliphatic rings. The van der Waals surface area contributed by atoms with Crippen molar-refractivity contribution in [3.05, 3.63) is 57.6 Å². The third-order valence-corrected chi connectivity index (χ3v) is 3.41. The molecule has 0 amide bonds. The number of hydrogen-bond acceptors (Lipinski definition) is 2. The second-order valence-electron chi connectivity index (χ2n) is 4.18. The Hall–Kier alpha value is -1.62. The van der Waals surface area contributed by atoms with Gasteiger partial charge >= 0.3 is 0 Å². The summed E-state index contributed by atoms with van der Waals surface area (Å²) in [4.78, 5) is 0. The summed E-state index contributed by atoms with van der Waals surface area (Å²) in [5.74, 6) is -1.15. The van der Waals surface area contributed by atoms with Gasteiger partial charge in [-0.2, -0.15) is 0 Å². The van der Waals surface area contributed by atoms with Gasteiger partial charge in [0.15, 0.2) is 0 Å². The first-order valence-corrected chi connectivity index (χ1v) is 6.44. The fraction of sp³-hybridized carbons (Fsp3) is 0.143. The lowest BCUT2D eigenvalue weighted by atomic mass is 10.1. The van der Waals surface area contributed by atoms with Crippen LogP contribution in [0.5, 0.6) is 5.75 Å².